The van der Waals surface area contributed by atoms with Crippen LogP contribution in [-0.2, 0) is 0 Å². The molecule has 0 saturated carbocycles. The van der Waals surface area contributed by atoms with Crippen molar-refractivity contribution < 1.29 is 0 Å². The fourth-order valence-corrected chi connectivity index (χ4v) is 1.12. The molecular formula is C10H16N4. The van der Waals surface area contributed by atoms with Gasteiger partial charge in [0.2, 0.25) is 0 Å². The summed E-state index contributed by atoms with van der Waals surface area (Å²) in [6.07, 6.45) is 1.75. The highest BCUT2D eigenvalue weighted by Gasteiger charge is 2.03. The number of aromatic nitrogens is 1. The smallest absolute Gasteiger partial charge is 0.169 e. The summed E-state index contributed by atoms with van der Waals surface area (Å²) in [5.74, 6) is 0.883. The Morgan fingerprint density at radius 1 is 1.57 bits per heavy atom. The lowest BCUT2D eigenvalue weighted by molar-refractivity contribution is 0.860. The van der Waals surface area contributed by atoms with E-state index in [-0.39, 0.29) is 0 Å². The first-order chi connectivity index (χ1) is 6.65. The second kappa shape index (κ2) is 4.60. The summed E-state index contributed by atoms with van der Waals surface area (Å²) in [5, 5.41) is 3.88. The van der Waals surface area contributed by atoms with Gasteiger partial charge >= 0.3 is 0 Å². The third-order valence-electron chi connectivity index (χ3n) is 1.95. The number of hydrogen-bond acceptors (Lipinski definition) is 3. The number of pyridine rings is 1. The van der Waals surface area contributed by atoms with Gasteiger partial charge in [-0.2, -0.15) is 5.10 Å². The number of rotatable bonds is 3. The second-order valence-electron chi connectivity index (χ2n) is 3.35. The predicted octanol–water partition coefficient (Wildman–Crippen LogP) is 1.04. The van der Waals surface area contributed by atoms with Crippen molar-refractivity contribution >= 4 is 5.84 Å². The normalized spacial score (nSPS) is 11.9. The molecule has 0 bridgehead atoms. The van der Waals surface area contributed by atoms with Crippen LogP contribution in [0.5, 0.6) is 0 Å². The molecule has 0 amide bonds. The zero-order valence-corrected chi connectivity index (χ0v) is 8.78. The topological polar surface area (TPSA) is 63.3 Å². The van der Waals surface area contributed by atoms with Crippen LogP contribution in [0.4, 0.5) is 0 Å². The van der Waals surface area contributed by atoms with E-state index in [1.807, 2.05) is 12.1 Å². The van der Waals surface area contributed by atoms with Gasteiger partial charge in [0.1, 0.15) is 5.69 Å². The summed E-state index contributed by atoms with van der Waals surface area (Å²) < 4.78 is 0. The molecule has 1 rings (SSSR count). The minimum atomic E-state index is 0.412. The van der Waals surface area contributed by atoms with Crippen LogP contribution in [0.15, 0.2) is 23.4 Å². The number of nitrogens with one attached hydrogen (secondary N) is 1. The molecule has 0 aromatic carbocycles. The standard InChI is InChI=1S/C10H16N4/c1-7(2)8-4-5-13-9(6-8)10(11)14-12-3/h4-7,12H,1-3H3,(H2,11,14). The van der Waals surface area contributed by atoms with E-state index in [1.165, 1.54) is 5.56 Å². The molecule has 4 nitrogen and oxygen atoms in total. The monoisotopic (exact) mass is 192 g/mol. The minimum Gasteiger partial charge on any atom is -0.380 e. The number of nitrogens with two attached hydrogens (primary N) is 1. The van der Waals surface area contributed by atoms with Gasteiger partial charge in [-0.3, -0.25) is 4.98 Å². The third-order valence-corrected chi connectivity index (χ3v) is 1.95. The quantitative estimate of drug-likeness (QED) is 0.427. The number of nitrogens with zero attached hydrogens (tertiary/aromatic N) is 2. The first-order valence-corrected chi connectivity index (χ1v) is 4.61. The number of hydrogen-bond donors (Lipinski definition) is 2. The molecule has 14 heavy (non-hydrogen) atoms. The first kappa shape index (κ1) is 10.5. The predicted molar refractivity (Wildman–Crippen MR) is 58.1 cm³/mol. The van der Waals surface area contributed by atoms with Crippen LogP contribution in [0, 0.1) is 0 Å². The lowest BCUT2D eigenvalue weighted by Crippen LogP contribution is -2.18. The van der Waals surface area contributed by atoms with Crippen molar-refractivity contribution in [3.63, 3.8) is 0 Å². The van der Waals surface area contributed by atoms with Gasteiger partial charge in [-0.1, -0.05) is 13.8 Å². The summed E-state index contributed by atoms with van der Waals surface area (Å²) in [5.41, 5.74) is 10.3. The molecule has 3 N–H and O–H groups in total. The Bertz CT molecular complexity index is 331. The maximum Gasteiger partial charge on any atom is 0.169 e. The first-order valence-electron chi connectivity index (χ1n) is 4.61. The maximum atomic E-state index is 5.70. The highest BCUT2D eigenvalue weighted by Crippen LogP contribution is 2.13. The van der Waals surface area contributed by atoms with Crippen molar-refractivity contribution in [3.05, 3.63) is 29.6 Å². The van der Waals surface area contributed by atoms with Gasteiger partial charge in [-0.05, 0) is 23.6 Å². The fraction of sp³-hybridized carbons (Fsp3) is 0.400. The minimum absolute atomic E-state index is 0.412. The van der Waals surface area contributed by atoms with Gasteiger partial charge in [0.05, 0.1) is 0 Å². The highest BCUT2D eigenvalue weighted by molar-refractivity contribution is 5.95. The van der Waals surface area contributed by atoms with E-state index in [0.717, 1.165) is 0 Å². The molecule has 1 heterocycles. The van der Waals surface area contributed by atoms with Gasteiger partial charge < -0.3 is 11.2 Å². The van der Waals surface area contributed by atoms with Crippen molar-refractivity contribution in [1.29, 1.82) is 0 Å². The van der Waals surface area contributed by atoms with Crippen molar-refractivity contribution in [2.45, 2.75) is 19.8 Å². The zero-order chi connectivity index (χ0) is 10.6. The zero-order valence-electron chi connectivity index (χ0n) is 8.78. The maximum absolute atomic E-state index is 5.70. The van der Waals surface area contributed by atoms with Crippen molar-refractivity contribution in [3.8, 4) is 0 Å². The van der Waals surface area contributed by atoms with Crippen molar-refractivity contribution in [2.24, 2.45) is 10.8 Å². The third kappa shape index (κ3) is 2.45. The van der Waals surface area contributed by atoms with E-state index in [9.17, 15) is 0 Å². The summed E-state index contributed by atoms with van der Waals surface area (Å²) in [6, 6.07) is 3.95. The summed E-state index contributed by atoms with van der Waals surface area (Å²) in [6.45, 7) is 4.26. The Morgan fingerprint density at radius 3 is 2.86 bits per heavy atom. The van der Waals surface area contributed by atoms with Crippen LogP contribution in [0.3, 0.4) is 0 Å². The van der Waals surface area contributed by atoms with Crippen LogP contribution < -0.4 is 11.2 Å². The number of hydrazone groups is 1. The number of amidine groups is 1. The Kier molecular flexibility index (Phi) is 3.45. The second-order valence-corrected chi connectivity index (χ2v) is 3.35. The molecule has 0 saturated heterocycles. The lowest BCUT2D eigenvalue weighted by Gasteiger charge is -2.06. The van der Waals surface area contributed by atoms with Gasteiger partial charge in [-0.15, -0.1) is 0 Å². The van der Waals surface area contributed by atoms with Crippen molar-refractivity contribution in [1.82, 2.24) is 10.4 Å². The van der Waals surface area contributed by atoms with Crippen LogP contribution in [-0.4, -0.2) is 17.9 Å². The summed E-state index contributed by atoms with van der Waals surface area (Å²) in [4.78, 5) is 4.14. The van der Waals surface area contributed by atoms with E-state index in [0.29, 0.717) is 17.4 Å². The van der Waals surface area contributed by atoms with Gasteiger partial charge in [-0.25, -0.2) is 0 Å². The van der Waals surface area contributed by atoms with E-state index in [2.05, 4.69) is 29.4 Å². The Balaban J connectivity index is 2.99. The van der Waals surface area contributed by atoms with Crippen LogP contribution in [0.1, 0.15) is 31.0 Å². The Labute approximate surface area is 84.2 Å². The van der Waals surface area contributed by atoms with Crippen molar-refractivity contribution in [2.75, 3.05) is 7.05 Å². The molecule has 0 atom stereocenters. The molecule has 0 spiro atoms. The molecule has 1 aromatic heterocycles. The van der Waals surface area contributed by atoms with Gasteiger partial charge in [0, 0.05) is 13.2 Å². The molecule has 4 heteroatoms. The van der Waals surface area contributed by atoms with E-state index in [4.69, 9.17) is 5.73 Å². The molecule has 0 aliphatic carbocycles. The van der Waals surface area contributed by atoms with Crippen LogP contribution >= 0.6 is 0 Å². The Morgan fingerprint density at radius 2 is 2.29 bits per heavy atom. The lowest BCUT2D eigenvalue weighted by atomic mass is 10.0. The fourth-order valence-electron chi connectivity index (χ4n) is 1.12. The Hall–Kier alpha value is -1.58. The summed E-state index contributed by atoms with van der Waals surface area (Å²) >= 11 is 0. The molecule has 0 aliphatic heterocycles. The van der Waals surface area contributed by atoms with Gasteiger partial charge in [0.15, 0.2) is 5.84 Å². The average Bonchev–Trinajstić information content (AvgIpc) is 2.18. The SMILES string of the molecule is CN/N=C(\N)c1cc(C(C)C)ccn1. The average molecular weight is 192 g/mol. The summed E-state index contributed by atoms with van der Waals surface area (Å²) in [7, 11) is 1.71. The molecule has 76 valence electrons. The molecular weight excluding hydrogens is 176 g/mol. The van der Waals surface area contributed by atoms with Crippen LogP contribution in [0.25, 0.3) is 0 Å². The molecule has 0 radical (unpaired) electrons. The molecule has 1 aromatic rings. The van der Waals surface area contributed by atoms with E-state index < -0.39 is 0 Å². The van der Waals surface area contributed by atoms with E-state index in [1.54, 1.807) is 13.2 Å². The van der Waals surface area contributed by atoms with Gasteiger partial charge in [0.25, 0.3) is 0 Å². The van der Waals surface area contributed by atoms with E-state index >= 15 is 0 Å². The molecule has 0 unspecified atom stereocenters. The molecule has 0 fully saturated rings. The highest BCUT2D eigenvalue weighted by atomic mass is 15.3. The molecule has 0 aliphatic rings. The van der Waals surface area contributed by atoms with Crippen LogP contribution in [0.2, 0.25) is 0 Å². The largest absolute Gasteiger partial charge is 0.380 e.